The molecule has 0 atom stereocenters. The highest BCUT2D eigenvalue weighted by Crippen LogP contribution is 2.39. The van der Waals surface area contributed by atoms with E-state index in [1.54, 1.807) is 0 Å². The van der Waals surface area contributed by atoms with Crippen molar-refractivity contribution in [3.8, 4) is 11.5 Å². The molecule has 0 saturated heterocycles. The minimum absolute atomic E-state index is 0.215. The molecule has 5 nitrogen and oxygen atoms in total. The number of thioether (sulfide) groups is 1. The molecule has 23 heavy (non-hydrogen) atoms. The van der Waals surface area contributed by atoms with E-state index in [0.29, 0.717) is 23.1 Å². The number of carbonyl (C=O) groups excluding carboxylic acids is 1. The Bertz CT molecular complexity index is 840. The Kier molecular flexibility index (Phi) is 3.59. The van der Waals surface area contributed by atoms with Crippen LogP contribution in [0.3, 0.4) is 0 Å². The standard InChI is InChI=1S/C16H11NO4S2/c1-22-14(9-4-5-10-11(7-9)20-8-19-10)13-16(18)21-15(17-13)12-3-2-6-23-12/h2-7H,8H2,1H3/b14-13-. The van der Waals surface area contributed by atoms with Gasteiger partial charge < -0.3 is 14.2 Å². The highest BCUT2D eigenvalue weighted by Gasteiger charge is 2.29. The Morgan fingerprint density at radius 3 is 2.91 bits per heavy atom. The molecule has 2 aliphatic rings. The number of rotatable bonds is 3. The van der Waals surface area contributed by atoms with Gasteiger partial charge in [-0.05, 0) is 41.5 Å². The number of hydrogen-bond acceptors (Lipinski definition) is 7. The number of benzene rings is 1. The van der Waals surface area contributed by atoms with Crippen LogP contribution in [0.25, 0.3) is 4.91 Å². The van der Waals surface area contributed by atoms with E-state index in [0.717, 1.165) is 15.3 Å². The third kappa shape index (κ3) is 2.51. The fourth-order valence-corrected chi connectivity index (χ4v) is 3.68. The van der Waals surface area contributed by atoms with Crippen LogP contribution in [0.1, 0.15) is 10.4 Å². The van der Waals surface area contributed by atoms with Crippen molar-refractivity contribution in [2.45, 2.75) is 0 Å². The molecule has 116 valence electrons. The van der Waals surface area contributed by atoms with E-state index < -0.39 is 5.97 Å². The van der Waals surface area contributed by atoms with Crippen molar-refractivity contribution in [3.05, 3.63) is 51.8 Å². The topological polar surface area (TPSA) is 57.1 Å². The van der Waals surface area contributed by atoms with E-state index in [1.165, 1.54) is 23.1 Å². The first kappa shape index (κ1) is 14.3. The predicted molar refractivity (Wildman–Crippen MR) is 89.9 cm³/mol. The van der Waals surface area contributed by atoms with Gasteiger partial charge in [0.2, 0.25) is 12.7 Å². The lowest BCUT2D eigenvalue weighted by Crippen LogP contribution is -2.04. The molecule has 1 aromatic heterocycles. The summed E-state index contributed by atoms with van der Waals surface area (Å²) in [6, 6.07) is 9.34. The first-order valence-electron chi connectivity index (χ1n) is 6.79. The van der Waals surface area contributed by atoms with Crippen molar-refractivity contribution in [2.75, 3.05) is 13.0 Å². The van der Waals surface area contributed by atoms with Crippen LogP contribution >= 0.6 is 23.1 Å². The highest BCUT2D eigenvalue weighted by atomic mass is 32.2. The van der Waals surface area contributed by atoms with Gasteiger partial charge >= 0.3 is 5.97 Å². The first-order chi connectivity index (χ1) is 11.3. The number of hydrogen-bond donors (Lipinski definition) is 0. The van der Waals surface area contributed by atoms with Crippen molar-refractivity contribution in [3.63, 3.8) is 0 Å². The van der Waals surface area contributed by atoms with E-state index >= 15 is 0 Å². The second-order valence-corrected chi connectivity index (χ2v) is 6.50. The molecule has 0 saturated carbocycles. The molecular weight excluding hydrogens is 334 g/mol. The Balaban J connectivity index is 1.78. The van der Waals surface area contributed by atoms with Gasteiger partial charge in [0.15, 0.2) is 17.2 Å². The van der Waals surface area contributed by atoms with Crippen LogP contribution in [-0.2, 0) is 9.53 Å². The smallest absolute Gasteiger partial charge is 0.365 e. The van der Waals surface area contributed by atoms with Gasteiger partial charge in [0.1, 0.15) is 0 Å². The zero-order valence-electron chi connectivity index (χ0n) is 12.1. The van der Waals surface area contributed by atoms with Gasteiger partial charge in [0.25, 0.3) is 0 Å². The maximum atomic E-state index is 12.2. The summed E-state index contributed by atoms with van der Waals surface area (Å²) in [5, 5.41) is 1.92. The van der Waals surface area contributed by atoms with Crippen LogP contribution in [0, 0.1) is 0 Å². The quantitative estimate of drug-likeness (QED) is 0.629. The maximum Gasteiger partial charge on any atom is 0.365 e. The molecule has 0 bridgehead atoms. The zero-order valence-corrected chi connectivity index (χ0v) is 13.7. The van der Waals surface area contributed by atoms with Crippen molar-refractivity contribution in [2.24, 2.45) is 4.99 Å². The molecule has 7 heteroatoms. The molecule has 0 aliphatic carbocycles. The van der Waals surface area contributed by atoms with E-state index in [2.05, 4.69) is 4.99 Å². The van der Waals surface area contributed by atoms with Crippen molar-refractivity contribution in [1.82, 2.24) is 0 Å². The first-order valence-corrected chi connectivity index (χ1v) is 8.90. The van der Waals surface area contributed by atoms with Crippen molar-refractivity contribution in [1.29, 1.82) is 0 Å². The molecule has 1 aromatic carbocycles. The number of thiophene rings is 1. The molecule has 2 aromatic rings. The van der Waals surface area contributed by atoms with Crippen molar-refractivity contribution >= 4 is 39.9 Å². The molecule has 0 spiro atoms. The van der Waals surface area contributed by atoms with Gasteiger partial charge in [-0.2, -0.15) is 0 Å². The van der Waals surface area contributed by atoms with Crippen LogP contribution in [0.4, 0.5) is 0 Å². The zero-order chi connectivity index (χ0) is 15.8. The van der Waals surface area contributed by atoms with Crippen LogP contribution in [0.15, 0.2) is 46.4 Å². The van der Waals surface area contributed by atoms with Gasteiger partial charge in [-0.15, -0.1) is 23.1 Å². The van der Waals surface area contributed by atoms with Crippen LogP contribution < -0.4 is 9.47 Å². The van der Waals surface area contributed by atoms with Gasteiger partial charge in [-0.25, -0.2) is 9.79 Å². The second kappa shape index (κ2) is 5.75. The van der Waals surface area contributed by atoms with Gasteiger partial charge in [-0.3, -0.25) is 0 Å². The minimum Gasteiger partial charge on any atom is -0.454 e. The maximum absolute atomic E-state index is 12.2. The van der Waals surface area contributed by atoms with Crippen LogP contribution in [-0.4, -0.2) is 24.9 Å². The Hall–Kier alpha value is -2.25. The minimum atomic E-state index is -0.435. The SMILES string of the molecule is CS/C(=C1\N=C(c2cccs2)OC1=O)c1ccc2c(c1)OCO2. The average molecular weight is 345 g/mol. The average Bonchev–Trinajstić information content (AvgIpc) is 3.28. The summed E-state index contributed by atoms with van der Waals surface area (Å²) in [7, 11) is 0. The van der Waals surface area contributed by atoms with E-state index in [9.17, 15) is 4.79 Å². The second-order valence-electron chi connectivity index (χ2n) is 4.73. The number of cyclic esters (lactones) is 1. The molecular formula is C16H11NO4S2. The van der Waals surface area contributed by atoms with Gasteiger partial charge in [0.05, 0.1) is 4.88 Å². The van der Waals surface area contributed by atoms with E-state index in [1.807, 2.05) is 42.0 Å². The Labute approximate surface area is 140 Å². The molecule has 0 fully saturated rings. The number of fused-ring (bicyclic) bond motifs is 1. The Morgan fingerprint density at radius 1 is 1.26 bits per heavy atom. The number of aliphatic imine (C=N–C) groups is 1. The lowest BCUT2D eigenvalue weighted by atomic mass is 10.1. The largest absolute Gasteiger partial charge is 0.454 e. The van der Waals surface area contributed by atoms with E-state index in [4.69, 9.17) is 14.2 Å². The molecule has 0 radical (unpaired) electrons. The van der Waals surface area contributed by atoms with Gasteiger partial charge in [-0.1, -0.05) is 6.07 Å². The summed E-state index contributed by atoms with van der Waals surface area (Å²) in [6.07, 6.45) is 1.90. The Morgan fingerprint density at radius 2 is 2.13 bits per heavy atom. The number of esters is 1. The van der Waals surface area contributed by atoms with Crippen molar-refractivity contribution < 1.29 is 19.0 Å². The summed E-state index contributed by atoms with van der Waals surface area (Å²) < 4.78 is 16.0. The normalized spacial score (nSPS) is 18.0. The highest BCUT2D eigenvalue weighted by molar-refractivity contribution is 8.07. The number of nitrogens with zero attached hydrogens (tertiary/aromatic N) is 1. The van der Waals surface area contributed by atoms with Gasteiger partial charge in [0, 0.05) is 4.91 Å². The summed E-state index contributed by atoms with van der Waals surface area (Å²) in [6.45, 7) is 0.215. The predicted octanol–water partition coefficient (Wildman–Crippen LogP) is 3.51. The number of carbonyl (C=O) groups is 1. The molecule has 0 unspecified atom stereocenters. The lowest BCUT2D eigenvalue weighted by Gasteiger charge is -2.06. The molecule has 0 N–H and O–H groups in total. The molecule has 3 heterocycles. The van der Waals surface area contributed by atoms with Crippen LogP contribution in [0.5, 0.6) is 11.5 Å². The molecule has 4 rings (SSSR count). The summed E-state index contributed by atoms with van der Waals surface area (Å²) in [5.41, 5.74) is 1.17. The fourth-order valence-electron chi connectivity index (χ4n) is 2.34. The fraction of sp³-hybridized carbons (Fsp3) is 0.125. The molecule has 2 aliphatic heterocycles. The summed E-state index contributed by atoms with van der Waals surface area (Å²) in [4.78, 5) is 18.2. The molecule has 0 amide bonds. The third-order valence-electron chi connectivity index (χ3n) is 3.38. The number of ether oxygens (including phenoxy) is 3. The lowest BCUT2D eigenvalue weighted by molar-refractivity contribution is -0.129. The van der Waals surface area contributed by atoms with E-state index in [-0.39, 0.29) is 6.79 Å². The third-order valence-corrected chi connectivity index (χ3v) is 5.08. The summed E-state index contributed by atoms with van der Waals surface area (Å²) in [5.74, 6) is 1.29. The van der Waals surface area contributed by atoms with Crippen LogP contribution in [0.2, 0.25) is 0 Å². The summed E-state index contributed by atoms with van der Waals surface area (Å²) >= 11 is 2.93. The monoisotopic (exact) mass is 345 g/mol.